The third-order valence-electron chi connectivity index (χ3n) is 3.01. The average Bonchev–Trinajstić information content (AvgIpc) is 2.70. The van der Waals surface area contributed by atoms with Gasteiger partial charge in [0.15, 0.2) is 0 Å². The fourth-order valence-corrected chi connectivity index (χ4v) is 3.29. The van der Waals surface area contributed by atoms with Crippen molar-refractivity contribution >= 4 is 16.8 Å². The highest BCUT2D eigenvalue weighted by atomic mass is 32.2. The number of hydrogen-bond acceptors (Lipinski definition) is 3. The van der Waals surface area contributed by atoms with Crippen LogP contribution in [0.15, 0.2) is 33.6 Å². The van der Waals surface area contributed by atoms with E-state index in [0.717, 1.165) is 16.0 Å². The molecule has 106 valence electrons. The van der Waals surface area contributed by atoms with Gasteiger partial charge in [0.2, 0.25) is 5.76 Å². The van der Waals surface area contributed by atoms with Gasteiger partial charge in [-0.2, -0.15) is 0 Å². The van der Waals surface area contributed by atoms with E-state index in [1.807, 2.05) is 32.0 Å². The Kier molecular flexibility index (Phi) is 4.09. The minimum atomic E-state index is -1.25. The predicted molar refractivity (Wildman–Crippen MR) is 76.4 cm³/mol. The lowest BCUT2D eigenvalue weighted by molar-refractivity contribution is 0.0659. The van der Waals surface area contributed by atoms with E-state index < -0.39 is 16.8 Å². The van der Waals surface area contributed by atoms with Crippen LogP contribution in [0.25, 0.3) is 0 Å². The Balaban J connectivity index is 2.23. The zero-order valence-corrected chi connectivity index (χ0v) is 12.4. The molecular weight excluding hydrogens is 276 g/mol. The van der Waals surface area contributed by atoms with E-state index in [-0.39, 0.29) is 11.5 Å². The lowest BCUT2D eigenvalue weighted by atomic mass is 10.2. The maximum atomic E-state index is 12.3. The monoisotopic (exact) mass is 292 g/mol. The summed E-state index contributed by atoms with van der Waals surface area (Å²) in [7, 11) is -1.25. The molecule has 0 aliphatic rings. The maximum Gasteiger partial charge on any atom is 0.372 e. The van der Waals surface area contributed by atoms with Gasteiger partial charge in [-0.25, -0.2) is 4.79 Å². The van der Waals surface area contributed by atoms with Crippen LogP contribution < -0.4 is 0 Å². The smallest absolute Gasteiger partial charge is 0.372 e. The molecule has 2 rings (SSSR count). The Labute approximate surface area is 119 Å². The van der Waals surface area contributed by atoms with Gasteiger partial charge in [-0.15, -0.1) is 0 Å². The first-order valence-electron chi connectivity index (χ1n) is 6.16. The van der Waals surface area contributed by atoms with Crippen LogP contribution in [0.1, 0.15) is 33.0 Å². The summed E-state index contributed by atoms with van der Waals surface area (Å²) in [6.45, 7) is 5.56. The van der Waals surface area contributed by atoms with Crippen LogP contribution in [0.4, 0.5) is 0 Å². The first kappa shape index (κ1) is 14.5. The second-order valence-electron chi connectivity index (χ2n) is 4.79. The van der Waals surface area contributed by atoms with E-state index in [0.29, 0.717) is 11.3 Å². The van der Waals surface area contributed by atoms with E-state index in [1.54, 1.807) is 13.0 Å². The number of hydrogen-bond donors (Lipinski definition) is 1. The summed E-state index contributed by atoms with van der Waals surface area (Å²) in [4.78, 5) is 11.7. The molecule has 0 aliphatic carbocycles. The van der Waals surface area contributed by atoms with E-state index >= 15 is 0 Å². The highest BCUT2D eigenvalue weighted by molar-refractivity contribution is 7.84. The minimum absolute atomic E-state index is 0.0855. The van der Waals surface area contributed by atoms with E-state index in [4.69, 9.17) is 9.52 Å². The molecule has 0 amide bonds. The lowest BCUT2D eigenvalue weighted by Crippen LogP contribution is -1.99. The molecule has 0 fully saturated rings. The summed E-state index contributed by atoms with van der Waals surface area (Å²) >= 11 is 0. The van der Waals surface area contributed by atoms with Gasteiger partial charge in [0, 0.05) is 10.5 Å². The molecule has 1 aromatic carbocycles. The van der Waals surface area contributed by atoms with Crippen LogP contribution in [0.5, 0.6) is 0 Å². The van der Waals surface area contributed by atoms with Gasteiger partial charge in [0.05, 0.1) is 16.6 Å². The molecule has 1 atom stereocenters. The van der Waals surface area contributed by atoms with Crippen molar-refractivity contribution in [1.82, 2.24) is 0 Å². The molecule has 4 nitrogen and oxygen atoms in total. The molecule has 0 spiro atoms. The molecule has 1 heterocycles. The van der Waals surface area contributed by atoms with Crippen molar-refractivity contribution in [2.24, 2.45) is 0 Å². The Morgan fingerprint density at radius 2 is 1.90 bits per heavy atom. The number of aryl methyl sites for hydroxylation is 3. The molecule has 0 radical (unpaired) electrons. The van der Waals surface area contributed by atoms with Crippen molar-refractivity contribution in [3.05, 3.63) is 52.5 Å². The number of carboxylic acids is 1. The van der Waals surface area contributed by atoms with Crippen LogP contribution in [0, 0.1) is 20.8 Å². The number of aromatic carboxylic acids is 1. The molecule has 5 heteroatoms. The topological polar surface area (TPSA) is 67.5 Å². The molecule has 20 heavy (non-hydrogen) atoms. The highest BCUT2D eigenvalue weighted by Gasteiger charge is 2.17. The van der Waals surface area contributed by atoms with Crippen LogP contribution in [0.2, 0.25) is 0 Å². The van der Waals surface area contributed by atoms with Crippen molar-refractivity contribution < 1.29 is 18.5 Å². The summed E-state index contributed by atoms with van der Waals surface area (Å²) in [6, 6.07) is 7.36. The summed E-state index contributed by atoms with van der Waals surface area (Å²) in [5.74, 6) is -0.584. The van der Waals surface area contributed by atoms with Crippen molar-refractivity contribution in [2.45, 2.75) is 31.4 Å². The van der Waals surface area contributed by atoms with Crippen molar-refractivity contribution in [3.63, 3.8) is 0 Å². The maximum absolute atomic E-state index is 12.3. The number of carbonyl (C=O) groups is 1. The molecule has 1 unspecified atom stereocenters. The quantitative estimate of drug-likeness (QED) is 0.939. The van der Waals surface area contributed by atoms with E-state index in [2.05, 4.69) is 0 Å². The van der Waals surface area contributed by atoms with Gasteiger partial charge in [0.25, 0.3) is 0 Å². The Morgan fingerprint density at radius 3 is 2.45 bits per heavy atom. The highest BCUT2D eigenvalue weighted by Crippen LogP contribution is 2.21. The molecule has 2 aromatic rings. The predicted octanol–water partition coefficient (Wildman–Crippen LogP) is 3.21. The zero-order chi connectivity index (χ0) is 14.9. The van der Waals surface area contributed by atoms with Crippen LogP contribution in [-0.2, 0) is 16.6 Å². The third kappa shape index (κ3) is 2.99. The van der Waals surface area contributed by atoms with Gasteiger partial charge >= 0.3 is 5.97 Å². The SMILES string of the molecule is Cc1ccc(S(=O)Cc2cc(C)c(C(=O)O)o2)c(C)c1. The van der Waals surface area contributed by atoms with Gasteiger partial charge in [0.1, 0.15) is 5.76 Å². The summed E-state index contributed by atoms with van der Waals surface area (Å²) in [5, 5.41) is 8.94. The molecule has 0 bridgehead atoms. The Morgan fingerprint density at radius 1 is 1.20 bits per heavy atom. The van der Waals surface area contributed by atoms with Crippen LogP contribution in [-0.4, -0.2) is 15.3 Å². The van der Waals surface area contributed by atoms with Crippen molar-refractivity contribution in [1.29, 1.82) is 0 Å². The van der Waals surface area contributed by atoms with Crippen molar-refractivity contribution in [2.75, 3.05) is 0 Å². The zero-order valence-electron chi connectivity index (χ0n) is 11.6. The van der Waals surface area contributed by atoms with Crippen LogP contribution >= 0.6 is 0 Å². The fraction of sp³-hybridized carbons (Fsp3) is 0.267. The fourth-order valence-electron chi connectivity index (χ4n) is 2.09. The third-order valence-corrected chi connectivity index (χ3v) is 4.51. The summed E-state index contributed by atoms with van der Waals surface area (Å²) in [5.41, 5.74) is 2.63. The van der Waals surface area contributed by atoms with Gasteiger partial charge in [-0.05, 0) is 38.5 Å². The first-order valence-corrected chi connectivity index (χ1v) is 7.48. The number of benzene rings is 1. The van der Waals surface area contributed by atoms with Gasteiger partial charge in [-0.3, -0.25) is 4.21 Å². The normalized spacial score (nSPS) is 12.3. The second-order valence-corrected chi connectivity index (χ2v) is 6.21. The molecule has 0 saturated heterocycles. The largest absolute Gasteiger partial charge is 0.475 e. The lowest BCUT2D eigenvalue weighted by Gasteiger charge is -2.05. The van der Waals surface area contributed by atoms with Gasteiger partial charge < -0.3 is 9.52 Å². The standard InChI is InChI=1S/C15H16O4S/c1-9-4-5-13(10(2)6-9)20(18)8-12-7-11(3)14(19-12)15(16)17/h4-7H,8H2,1-3H3,(H,16,17). The van der Waals surface area contributed by atoms with Crippen molar-refractivity contribution in [3.8, 4) is 0 Å². The van der Waals surface area contributed by atoms with E-state index in [9.17, 15) is 9.00 Å². The van der Waals surface area contributed by atoms with Crippen LogP contribution in [0.3, 0.4) is 0 Å². The minimum Gasteiger partial charge on any atom is -0.475 e. The molecule has 1 aromatic heterocycles. The number of furan rings is 1. The molecule has 1 N–H and O–H groups in total. The molecule has 0 saturated carbocycles. The summed E-state index contributed by atoms with van der Waals surface area (Å²) in [6.07, 6.45) is 0. The Bertz CT molecular complexity index is 685. The average molecular weight is 292 g/mol. The second kappa shape index (κ2) is 5.63. The van der Waals surface area contributed by atoms with Gasteiger partial charge in [-0.1, -0.05) is 17.7 Å². The number of rotatable bonds is 4. The summed E-state index contributed by atoms with van der Waals surface area (Å²) < 4.78 is 17.6. The van der Waals surface area contributed by atoms with E-state index in [1.165, 1.54) is 0 Å². The Hall–Kier alpha value is -1.88. The first-order chi connectivity index (χ1) is 9.38. The molecular formula is C15H16O4S. The molecule has 0 aliphatic heterocycles. The number of carboxylic acid groups (broad SMARTS) is 1.